The van der Waals surface area contributed by atoms with Gasteiger partial charge in [0.05, 0.1) is 0 Å². The van der Waals surface area contributed by atoms with E-state index in [1.165, 1.54) is 44.1 Å². The molecular weight excluding hydrogens is 244 g/mol. The van der Waals surface area contributed by atoms with E-state index in [1.807, 2.05) is 0 Å². The highest BCUT2D eigenvalue weighted by Gasteiger charge is 2.30. The Morgan fingerprint density at radius 2 is 1.85 bits per heavy atom. The zero-order chi connectivity index (χ0) is 14.4. The molecule has 1 aliphatic carbocycles. The van der Waals surface area contributed by atoms with Crippen molar-refractivity contribution in [2.75, 3.05) is 0 Å². The molecule has 112 valence electrons. The third kappa shape index (κ3) is 4.60. The average Bonchev–Trinajstić information content (AvgIpc) is 2.45. The van der Waals surface area contributed by atoms with Crippen molar-refractivity contribution in [1.82, 2.24) is 5.43 Å². The van der Waals surface area contributed by atoms with E-state index in [9.17, 15) is 0 Å². The number of nitrogens with one attached hydrogen (secondary N) is 1. The fourth-order valence-corrected chi connectivity index (χ4v) is 3.45. The summed E-state index contributed by atoms with van der Waals surface area (Å²) in [6.07, 6.45) is 8.91. The first kappa shape index (κ1) is 15.5. The van der Waals surface area contributed by atoms with Crippen LogP contribution in [0.5, 0.6) is 0 Å². The molecule has 1 aromatic rings. The zero-order valence-electron chi connectivity index (χ0n) is 13.1. The summed E-state index contributed by atoms with van der Waals surface area (Å²) in [6, 6.07) is 11.3. The molecule has 1 unspecified atom stereocenters. The van der Waals surface area contributed by atoms with E-state index in [1.54, 1.807) is 0 Å². The van der Waals surface area contributed by atoms with Crippen LogP contribution >= 0.6 is 0 Å². The molecule has 20 heavy (non-hydrogen) atoms. The first-order valence-corrected chi connectivity index (χ1v) is 8.11. The van der Waals surface area contributed by atoms with Crippen molar-refractivity contribution >= 4 is 0 Å². The van der Waals surface area contributed by atoms with Crippen LogP contribution in [0, 0.1) is 11.3 Å². The molecule has 1 fully saturated rings. The van der Waals surface area contributed by atoms with Gasteiger partial charge in [-0.1, -0.05) is 44.2 Å². The van der Waals surface area contributed by atoms with Crippen molar-refractivity contribution in [3.63, 3.8) is 0 Å². The maximum atomic E-state index is 5.80. The number of nitrogens with two attached hydrogens (primary N) is 1. The van der Waals surface area contributed by atoms with Gasteiger partial charge < -0.3 is 0 Å². The number of benzene rings is 1. The molecule has 1 aliphatic rings. The summed E-state index contributed by atoms with van der Waals surface area (Å²) in [5.41, 5.74) is 5.06. The fourth-order valence-electron chi connectivity index (χ4n) is 3.45. The third-order valence-electron chi connectivity index (χ3n) is 4.99. The lowest BCUT2D eigenvalue weighted by molar-refractivity contribution is 0.157. The second-order valence-electron chi connectivity index (χ2n) is 7.15. The van der Waals surface area contributed by atoms with Gasteiger partial charge >= 0.3 is 0 Å². The van der Waals surface area contributed by atoms with Gasteiger partial charge in [0.1, 0.15) is 0 Å². The molecule has 0 heterocycles. The SMILES string of the molecule is CC1(C)CCC(C(CCCc2ccccc2)NN)CC1. The molecule has 0 amide bonds. The van der Waals surface area contributed by atoms with Gasteiger partial charge in [-0.2, -0.15) is 0 Å². The average molecular weight is 274 g/mol. The van der Waals surface area contributed by atoms with Crippen molar-refractivity contribution in [2.45, 2.75) is 64.8 Å². The highest BCUT2D eigenvalue weighted by Crippen LogP contribution is 2.39. The van der Waals surface area contributed by atoms with E-state index >= 15 is 0 Å². The topological polar surface area (TPSA) is 38.0 Å². The molecule has 2 rings (SSSR count). The summed E-state index contributed by atoms with van der Waals surface area (Å²) in [6.45, 7) is 4.78. The number of hydrazine groups is 1. The van der Waals surface area contributed by atoms with Crippen LogP contribution in [-0.4, -0.2) is 6.04 Å². The monoisotopic (exact) mass is 274 g/mol. The molecule has 2 heteroatoms. The molecule has 1 atom stereocenters. The Morgan fingerprint density at radius 1 is 1.20 bits per heavy atom. The van der Waals surface area contributed by atoms with E-state index in [2.05, 4.69) is 49.6 Å². The lowest BCUT2D eigenvalue weighted by Gasteiger charge is -2.37. The molecule has 2 nitrogen and oxygen atoms in total. The van der Waals surface area contributed by atoms with E-state index in [0.717, 1.165) is 12.3 Å². The van der Waals surface area contributed by atoms with Crippen molar-refractivity contribution in [3.8, 4) is 0 Å². The molecule has 0 radical (unpaired) electrons. The minimum atomic E-state index is 0.495. The minimum Gasteiger partial charge on any atom is -0.271 e. The summed E-state index contributed by atoms with van der Waals surface area (Å²) in [5, 5.41) is 0. The smallest absolute Gasteiger partial charge is 0.0238 e. The number of hydrogen-bond acceptors (Lipinski definition) is 2. The maximum absolute atomic E-state index is 5.80. The Labute approximate surface area is 124 Å². The molecular formula is C18H30N2. The van der Waals surface area contributed by atoms with Gasteiger partial charge in [0.2, 0.25) is 0 Å². The second kappa shape index (κ2) is 7.24. The van der Waals surface area contributed by atoms with Gasteiger partial charge in [-0.15, -0.1) is 0 Å². The van der Waals surface area contributed by atoms with Crippen LogP contribution in [0.25, 0.3) is 0 Å². The van der Waals surface area contributed by atoms with Crippen LogP contribution < -0.4 is 11.3 Å². The predicted molar refractivity (Wildman–Crippen MR) is 86.2 cm³/mol. The Balaban J connectivity index is 1.75. The minimum absolute atomic E-state index is 0.495. The van der Waals surface area contributed by atoms with E-state index < -0.39 is 0 Å². The lowest BCUT2D eigenvalue weighted by atomic mass is 9.70. The van der Waals surface area contributed by atoms with E-state index in [0.29, 0.717) is 11.5 Å². The van der Waals surface area contributed by atoms with Crippen LogP contribution in [0.2, 0.25) is 0 Å². The van der Waals surface area contributed by atoms with Gasteiger partial charge in [0.25, 0.3) is 0 Å². The molecule has 1 aromatic carbocycles. The van der Waals surface area contributed by atoms with Crippen molar-refractivity contribution < 1.29 is 0 Å². The first-order chi connectivity index (χ1) is 9.61. The van der Waals surface area contributed by atoms with Gasteiger partial charge in [-0.3, -0.25) is 11.3 Å². The Kier molecular flexibility index (Phi) is 5.62. The molecule has 0 bridgehead atoms. The number of aryl methyl sites for hydroxylation is 1. The predicted octanol–water partition coefficient (Wildman–Crippen LogP) is 4.06. The van der Waals surface area contributed by atoms with Gasteiger partial charge in [-0.05, 0) is 61.8 Å². The Hall–Kier alpha value is -0.860. The maximum Gasteiger partial charge on any atom is 0.0238 e. The summed E-state index contributed by atoms with van der Waals surface area (Å²) < 4.78 is 0. The molecule has 3 N–H and O–H groups in total. The fraction of sp³-hybridized carbons (Fsp3) is 0.667. The van der Waals surface area contributed by atoms with Gasteiger partial charge in [-0.25, -0.2) is 0 Å². The summed E-state index contributed by atoms with van der Waals surface area (Å²) >= 11 is 0. The molecule has 1 saturated carbocycles. The summed E-state index contributed by atoms with van der Waals surface area (Å²) in [7, 11) is 0. The standard InChI is InChI=1S/C18H30N2/c1-18(2)13-11-16(12-14-18)17(20-19)10-6-9-15-7-4-3-5-8-15/h3-5,7-8,16-17,20H,6,9-14,19H2,1-2H3. The Bertz CT molecular complexity index is 376. The van der Waals surface area contributed by atoms with Crippen molar-refractivity contribution in [3.05, 3.63) is 35.9 Å². The van der Waals surface area contributed by atoms with Crippen LogP contribution in [0.15, 0.2) is 30.3 Å². The highest BCUT2D eigenvalue weighted by molar-refractivity contribution is 5.14. The van der Waals surface area contributed by atoms with Gasteiger partial charge in [0, 0.05) is 6.04 Å². The number of hydrogen-bond donors (Lipinski definition) is 2. The first-order valence-electron chi connectivity index (χ1n) is 8.11. The van der Waals surface area contributed by atoms with E-state index in [-0.39, 0.29) is 0 Å². The third-order valence-corrected chi connectivity index (χ3v) is 4.99. The van der Waals surface area contributed by atoms with Crippen LogP contribution in [0.3, 0.4) is 0 Å². The molecule has 0 saturated heterocycles. The summed E-state index contributed by atoms with van der Waals surface area (Å²) in [5.74, 6) is 6.57. The zero-order valence-corrected chi connectivity index (χ0v) is 13.1. The van der Waals surface area contributed by atoms with Crippen molar-refractivity contribution in [1.29, 1.82) is 0 Å². The molecule has 0 spiro atoms. The normalized spacial score (nSPS) is 20.8. The highest BCUT2D eigenvalue weighted by atomic mass is 15.2. The van der Waals surface area contributed by atoms with Crippen LogP contribution in [0.1, 0.15) is 57.9 Å². The van der Waals surface area contributed by atoms with Gasteiger partial charge in [0.15, 0.2) is 0 Å². The number of rotatable bonds is 6. The van der Waals surface area contributed by atoms with E-state index in [4.69, 9.17) is 5.84 Å². The Morgan fingerprint density at radius 3 is 2.45 bits per heavy atom. The largest absolute Gasteiger partial charge is 0.271 e. The quantitative estimate of drug-likeness (QED) is 0.606. The molecule has 0 aromatic heterocycles. The van der Waals surface area contributed by atoms with Crippen molar-refractivity contribution in [2.24, 2.45) is 17.2 Å². The lowest BCUT2D eigenvalue weighted by Crippen LogP contribution is -2.43. The van der Waals surface area contributed by atoms with Crippen LogP contribution in [0.4, 0.5) is 0 Å². The summed E-state index contributed by atoms with van der Waals surface area (Å²) in [4.78, 5) is 0. The van der Waals surface area contributed by atoms with Crippen LogP contribution in [-0.2, 0) is 6.42 Å². The molecule has 0 aliphatic heterocycles. The second-order valence-corrected chi connectivity index (χ2v) is 7.15.